The summed E-state index contributed by atoms with van der Waals surface area (Å²) in [5.74, 6) is -0.938. The van der Waals surface area contributed by atoms with E-state index in [1.807, 2.05) is 0 Å². The van der Waals surface area contributed by atoms with E-state index in [1.165, 1.54) is 225 Å². The van der Waals surface area contributed by atoms with Crippen molar-refractivity contribution in [3.05, 3.63) is 72.9 Å². The molecule has 78 heavy (non-hydrogen) atoms. The lowest BCUT2D eigenvalue weighted by Gasteiger charge is -2.18. The molecule has 0 aliphatic rings. The van der Waals surface area contributed by atoms with Crippen molar-refractivity contribution in [3.63, 3.8) is 0 Å². The molecule has 0 spiro atoms. The summed E-state index contributed by atoms with van der Waals surface area (Å²) in [6.45, 7) is 6.53. The lowest BCUT2D eigenvalue weighted by atomic mass is 10.0. The highest BCUT2D eigenvalue weighted by Gasteiger charge is 2.19. The van der Waals surface area contributed by atoms with Crippen molar-refractivity contribution in [3.8, 4) is 0 Å². The van der Waals surface area contributed by atoms with Crippen molar-refractivity contribution in [2.24, 2.45) is 0 Å². The highest BCUT2D eigenvalue weighted by Crippen LogP contribution is 2.18. The lowest BCUT2D eigenvalue weighted by molar-refractivity contribution is -0.167. The van der Waals surface area contributed by atoms with Crippen molar-refractivity contribution in [1.29, 1.82) is 0 Å². The van der Waals surface area contributed by atoms with Gasteiger partial charge in [0, 0.05) is 19.3 Å². The number of carbonyl (C=O) groups excluding carboxylic acids is 3. The van der Waals surface area contributed by atoms with Crippen molar-refractivity contribution in [1.82, 2.24) is 0 Å². The SMILES string of the molecule is CC/C=C\C/C=C\C/C=C\C/C=C\C/C=C\CCCC(=O)OCC(COC(=O)CCCCCCCCCCCCCCCCCCCCCCCCCCC)OC(=O)CCCCCCCCC/C=C\CCCCCCCCC. The van der Waals surface area contributed by atoms with Gasteiger partial charge in [0.1, 0.15) is 13.2 Å². The first-order valence-electron chi connectivity index (χ1n) is 33.9. The summed E-state index contributed by atoms with van der Waals surface area (Å²) in [7, 11) is 0. The van der Waals surface area contributed by atoms with Crippen LogP contribution in [-0.2, 0) is 28.6 Å². The van der Waals surface area contributed by atoms with Gasteiger partial charge in [-0.3, -0.25) is 14.4 Å². The van der Waals surface area contributed by atoms with E-state index >= 15 is 0 Å². The molecule has 6 heteroatoms. The molecule has 0 amide bonds. The van der Waals surface area contributed by atoms with Gasteiger partial charge in [-0.15, -0.1) is 0 Å². The van der Waals surface area contributed by atoms with Crippen LogP contribution in [0.5, 0.6) is 0 Å². The maximum atomic E-state index is 12.9. The van der Waals surface area contributed by atoms with Crippen LogP contribution in [-0.4, -0.2) is 37.2 Å². The van der Waals surface area contributed by atoms with Crippen LogP contribution in [0.25, 0.3) is 0 Å². The molecule has 0 radical (unpaired) electrons. The molecule has 6 nitrogen and oxygen atoms in total. The summed E-state index contributed by atoms with van der Waals surface area (Å²) in [6.07, 6.45) is 86.5. The maximum absolute atomic E-state index is 12.9. The molecule has 0 N–H and O–H groups in total. The zero-order valence-corrected chi connectivity index (χ0v) is 51.9. The number of unbranched alkanes of at least 4 members (excludes halogenated alkanes) is 39. The van der Waals surface area contributed by atoms with E-state index in [4.69, 9.17) is 14.2 Å². The number of ether oxygens (including phenoxy) is 3. The lowest BCUT2D eigenvalue weighted by Crippen LogP contribution is -2.30. The molecule has 0 saturated heterocycles. The van der Waals surface area contributed by atoms with Crippen LogP contribution in [0.3, 0.4) is 0 Å². The quantitative estimate of drug-likeness (QED) is 0.0261. The van der Waals surface area contributed by atoms with Gasteiger partial charge in [-0.1, -0.05) is 318 Å². The van der Waals surface area contributed by atoms with Crippen molar-refractivity contribution in [2.75, 3.05) is 13.2 Å². The fourth-order valence-electron chi connectivity index (χ4n) is 9.89. The molecule has 0 aromatic carbocycles. The van der Waals surface area contributed by atoms with E-state index in [0.717, 1.165) is 77.0 Å². The first kappa shape index (κ1) is 74.8. The Morgan fingerprint density at radius 3 is 0.846 bits per heavy atom. The predicted octanol–water partition coefficient (Wildman–Crippen LogP) is 23.3. The molecule has 0 aliphatic heterocycles. The normalized spacial score (nSPS) is 12.5. The number of rotatable bonds is 62. The summed E-state index contributed by atoms with van der Waals surface area (Å²) in [4.78, 5) is 38.4. The van der Waals surface area contributed by atoms with E-state index in [2.05, 4.69) is 93.7 Å². The Morgan fingerprint density at radius 1 is 0.269 bits per heavy atom. The van der Waals surface area contributed by atoms with Gasteiger partial charge in [0.2, 0.25) is 0 Å². The molecule has 0 bridgehead atoms. The van der Waals surface area contributed by atoms with Gasteiger partial charge in [-0.25, -0.2) is 0 Å². The Kier molecular flexibility index (Phi) is 63.7. The standard InChI is InChI=1S/C72H128O6/c1-4-7-10-13-16-19-22-25-28-31-33-34-35-36-37-38-39-42-44-47-50-53-56-59-62-65-71(74)77-68-69(67-76-70(73)64-61-58-55-52-49-46-43-40-30-27-24-21-18-15-12-9-6-3)78-72(75)66-63-60-57-54-51-48-45-41-32-29-26-23-20-17-14-11-8-5-2/h9,12,18,21,27,29-30,32,43,46,52,55,69H,4-8,10-11,13-17,19-20,22-26,28,31,33-42,44-45,47-51,53-54,56-68H2,1-3H3/b12-9-,21-18-,30-27-,32-29-,46-43-,55-52-. The third-order valence-corrected chi connectivity index (χ3v) is 14.9. The topological polar surface area (TPSA) is 78.9 Å². The summed E-state index contributed by atoms with van der Waals surface area (Å²) in [5, 5.41) is 0. The van der Waals surface area contributed by atoms with Crippen molar-refractivity contribution < 1.29 is 28.6 Å². The Hall–Kier alpha value is -3.15. The highest BCUT2D eigenvalue weighted by molar-refractivity contribution is 5.71. The number of esters is 3. The van der Waals surface area contributed by atoms with E-state index in [1.54, 1.807) is 0 Å². The second-order valence-electron chi connectivity index (χ2n) is 22.7. The minimum Gasteiger partial charge on any atom is -0.462 e. The molecule has 0 aromatic rings. The number of hydrogen-bond donors (Lipinski definition) is 0. The van der Waals surface area contributed by atoms with Gasteiger partial charge in [-0.2, -0.15) is 0 Å². The Balaban J connectivity index is 4.35. The summed E-state index contributed by atoms with van der Waals surface area (Å²) in [6, 6.07) is 0. The van der Waals surface area contributed by atoms with E-state index < -0.39 is 6.10 Å². The molecular weight excluding hydrogens is 961 g/mol. The smallest absolute Gasteiger partial charge is 0.306 e. The average molecular weight is 1090 g/mol. The third-order valence-electron chi connectivity index (χ3n) is 14.9. The number of carbonyl (C=O) groups is 3. The van der Waals surface area contributed by atoms with Crippen LogP contribution in [0.15, 0.2) is 72.9 Å². The van der Waals surface area contributed by atoms with Crippen LogP contribution >= 0.6 is 0 Å². The van der Waals surface area contributed by atoms with Crippen molar-refractivity contribution >= 4 is 17.9 Å². The molecule has 0 saturated carbocycles. The summed E-state index contributed by atoms with van der Waals surface area (Å²) >= 11 is 0. The summed E-state index contributed by atoms with van der Waals surface area (Å²) in [5.41, 5.74) is 0. The van der Waals surface area contributed by atoms with Crippen LogP contribution in [0.1, 0.15) is 348 Å². The molecular formula is C72H128O6. The van der Waals surface area contributed by atoms with Gasteiger partial charge in [0.15, 0.2) is 6.10 Å². The van der Waals surface area contributed by atoms with Crippen LogP contribution in [0, 0.1) is 0 Å². The molecule has 0 aliphatic carbocycles. The Bertz CT molecular complexity index is 1440. The van der Waals surface area contributed by atoms with E-state index in [9.17, 15) is 14.4 Å². The minimum absolute atomic E-state index is 0.0916. The molecule has 1 atom stereocenters. The maximum Gasteiger partial charge on any atom is 0.306 e. The molecule has 452 valence electrons. The minimum atomic E-state index is -0.801. The van der Waals surface area contributed by atoms with Gasteiger partial charge < -0.3 is 14.2 Å². The van der Waals surface area contributed by atoms with Crippen LogP contribution in [0.2, 0.25) is 0 Å². The Morgan fingerprint density at radius 2 is 0.513 bits per heavy atom. The third kappa shape index (κ3) is 63.7. The number of allylic oxidation sites excluding steroid dienone is 12. The monoisotopic (exact) mass is 1090 g/mol. The van der Waals surface area contributed by atoms with E-state index in [-0.39, 0.29) is 37.5 Å². The molecule has 1 unspecified atom stereocenters. The van der Waals surface area contributed by atoms with Crippen LogP contribution in [0.4, 0.5) is 0 Å². The zero-order valence-electron chi connectivity index (χ0n) is 51.9. The van der Waals surface area contributed by atoms with Gasteiger partial charge in [0.05, 0.1) is 0 Å². The number of hydrogen-bond acceptors (Lipinski definition) is 6. The fourth-order valence-corrected chi connectivity index (χ4v) is 9.89. The van der Waals surface area contributed by atoms with Gasteiger partial charge in [-0.05, 0) is 83.5 Å². The largest absolute Gasteiger partial charge is 0.462 e. The molecule has 0 heterocycles. The first-order chi connectivity index (χ1) is 38.5. The first-order valence-corrected chi connectivity index (χ1v) is 33.9. The fraction of sp³-hybridized carbons (Fsp3) is 0.792. The van der Waals surface area contributed by atoms with Gasteiger partial charge in [0.25, 0.3) is 0 Å². The summed E-state index contributed by atoms with van der Waals surface area (Å²) < 4.78 is 16.9. The van der Waals surface area contributed by atoms with Crippen LogP contribution < -0.4 is 0 Å². The zero-order chi connectivity index (χ0) is 56.4. The highest BCUT2D eigenvalue weighted by atomic mass is 16.6. The molecule has 0 fully saturated rings. The predicted molar refractivity (Wildman–Crippen MR) is 339 cm³/mol. The Labute approximate surface area is 484 Å². The second-order valence-corrected chi connectivity index (χ2v) is 22.7. The average Bonchev–Trinajstić information content (AvgIpc) is 3.44. The molecule has 0 aromatic heterocycles. The molecule has 0 rings (SSSR count). The van der Waals surface area contributed by atoms with Gasteiger partial charge >= 0.3 is 17.9 Å². The van der Waals surface area contributed by atoms with E-state index in [0.29, 0.717) is 19.3 Å². The second kappa shape index (κ2) is 66.4. The van der Waals surface area contributed by atoms with Crippen molar-refractivity contribution in [2.45, 2.75) is 354 Å².